The number of allylic oxidation sites excluding steroid dienone is 12. The first-order valence-corrected chi connectivity index (χ1v) is 21.0. The Morgan fingerprint density at radius 2 is 0.862 bits per heavy atom. The molecule has 0 saturated heterocycles. The normalized spacial score (nSPS) is 18.7. The summed E-state index contributed by atoms with van der Waals surface area (Å²) in [4.78, 5) is 0. The van der Waals surface area contributed by atoms with Crippen molar-refractivity contribution in [3.05, 3.63) is 228 Å². The third-order valence-electron chi connectivity index (χ3n) is 13.5. The van der Waals surface area contributed by atoms with Gasteiger partial charge < -0.3 is 0 Å². The zero-order chi connectivity index (χ0) is 38.2. The molecule has 0 amide bonds. The van der Waals surface area contributed by atoms with Crippen molar-refractivity contribution in [2.75, 3.05) is 0 Å². The first-order valence-electron chi connectivity index (χ1n) is 21.0. The van der Waals surface area contributed by atoms with E-state index in [1.807, 2.05) is 0 Å². The summed E-state index contributed by atoms with van der Waals surface area (Å²) in [5.74, 6) is 0.850. The fraction of sp³-hybridized carbons (Fsp3) is 0.103. The first kappa shape index (κ1) is 33.4. The van der Waals surface area contributed by atoms with Crippen molar-refractivity contribution < 1.29 is 0 Å². The van der Waals surface area contributed by atoms with Crippen LogP contribution in [0.5, 0.6) is 0 Å². The predicted octanol–water partition coefficient (Wildman–Crippen LogP) is 15.7. The Balaban J connectivity index is 1.04. The summed E-state index contributed by atoms with van der Waals surface area (Å²) in [5, 5.41) is 10.7. The van der Waals surface area contributed by atoms with Gasteiger partial charge in [-0.3, -0.25) is 0 Å². The summed E-state index contributed by atoms with van der Waals surface area (Å²) in [6.07, 6.45) is 19.2. The minimum absolute atomic E-state index is 0.310. The van der Waals surface area contributed by atoms with E-state index in [1.165, 1.54) is 105 Å². The molecule has 2 atom stereocenters. The maximum atomic E-state index is 2.65. The highest BCUT2D eigenvalue weighted by Gasteiger charge is 2.35. The van der Waals surface area contributed by atoms with Crippen LogP contribution in [-0.2, 0) is 0 Å². The minimum atomic E-state index is 0.310. The van der Waals surface area contributed by atoms with Gasteiger partial charge in [0.05, 0.1) is 0 Å². The van der Waals surface area contributed by atoms with Gasteiger partial charge in [0, 0.05) is 5.92 Å². The lowest BCUT2D eigenvalue weighted by molar-refractivity contribution is 0.550. The van der Waals surface area contributed by atoms with Crippen LogP contribution in [0, 0.1) is 11.8 Å². The van der Waals surface area contributed by atoms with E-state index in [2.05, 4.69) is 194 Å². The van der Waals surface area contributed by atoms with E-state index in [1.54, 1.807) is 11.1 Å². The number of benzene rings is 8. The molecule has 0 fully saturated rings. The zero-order valence-corrected chi connectivity index (χ0v) is 32.5. The van der Waals surface area contributed by atoms with Crippen molar-refractivity contribution in [1.29, 1.82) is 0 Å². The van der Waals surface area contributed by atoms with E-state index >= 15 is 0 Å². The number of fused-ring (bicyclic) bond motifs is 8. The summed E-state index contributed by atoms with van der Waals surface area (Å²) in [7, 11) is 0. The molecule has 0 bridgehead atoms. The number of hydrogen-bond acceptors (Lipinski definition) is 0. The molecule has 4 aliphatic carbocycles. The van der Waals surface area contributed by atoms with Crippen molar-refractivity contribution >= 4 is 54.2 Å². The molecule has 0 aliphatic heterocycles. The van der Waals surface area contributed by atoms with E-state index in [0.29, 0.717) is 11.8 Å². The second-order valence-electron chi connectivity index (χ2n) is 16.5. The standard InChI is InChI=1S/C58H42/c1-3-15-39(16-4-1)54-44-19-7-11-23-48(44)57(49-24-12-8-20-45(49)54)42-33-29-37-27-31-41-32-28-38-30-34-43(36-53(38)56(41)52(37)35-42)58-50-25-13-9-21-46(50)55(40-17-5-2-6-18-40)47-22-10-14-26-51(47)58/h1-27,29,31-33,36,38,52H,28,30,34-35H2. The Bertz CT molecular complexity index is 3080. The van der Waals surface area contributed by atoms with Crippen LogP contribution in [0.4, 0.5) is 0 Å². The average Bonchev–Trinajstić information content (AvgIpc) is 3.29. The van der Waals surface area contributed by atoms with Gasteiger partial charge in [-0.2, -0.15) is 0 Å². The highest BCUT2D eigenvalue weighted by molar-refractivity contribution is 6.20. The van der Waals surface area contributed by atoms with Gasteiger partial charge in [0.2, 0.25) is 0 Å². The van der Waals surface area contributed by atoms with Crippen LogP contribution in [0.3, 0.4) is 0 Å². The molecule has 0 radical (unpaired) electrons. The summed E-state index contributed by atoms with van der Waals surface area (Å²) >= 11 is 0. The Hall–Kier alpha value is -6.76. The molecule has 0 N–H and O–H groups in total. The fourth-order valence-electron chi connectivity index (χ4n) is 11.0. The summed E-state index contributed by atoms with van der Waals surface area (Å²) in [6.45, 7) is 0. The van der Waals surface area contributed by atoms with Gasteiger partial charge in [0.25, 0.3) is 0 Å². The quantitative estimate of drug-likeness (QED) is 0.158. The molecule has 0 saturated carbocycles. The summed E-state index contributed by atoms with van der Waals surface area (Å²) < 4.78 is 0. The Labute approximate surface area is 340 Å². The van der Waals surface area contributed by atoms with E-state index in [4.69, 9.17) is 0 Å². The van der Waals surface area contributed by atoms with Crippen LogP contribution >= 0.6 is 0 Å². The average molecular weight is 739 g/mol. The van der Waals surface area contributed by atoms with Crippen LogP contribution in [-0.4, -0.2) is 0 Å². The lowest BCUT2D eigenvalue weighted by Crippen LogP contribution is -2.23. The second-order valence-corrected chi connectivity index (χ2v) is 16.5. The maximum Gasteiger partial charge on any atom is 0.0139 e. The highest BCUT2D eigenvalue weighted by atomic mass is 14.4. The molecule has 12 rings (SSSR count). The molecule has 2 unspecified atom stereocenters. The fourth-order valence-corrected chi connectivity index (χ4v) is 11.0. The monoisotopic (exact) mass is 738 g/mol. The van der Waals surface area contributed by atoms with E-state index in [-0.39, 0.29) is 0 Å². The topological polar surface area (TPSA) is 0 Å². The van der Waals surface area contributed by atoms with Gasteiger partial charge in [0.15, 0.2) is 0 Å². The van der Waals surface area contributed by atoms with Gasteiger partial charge in [-0.05, 0) is 142 Å². The lowest BCUT2D eigenvalue weighted by Gasteiger charge is -2.38. The third kappa shape index (κ3) is 5.14. The molecule has 58 heavy (non-hydrogen) atoms. The van der Waals surface area contributed by atoms with Gasteiger partial charge in [-0.1, -0.05) is 194 Å². The molecule has 0 aromatic heterocycles. The van der Waals surface area contributed by atoms with Gasteiger partial charge in [0.1, 0.15) is 0 Å². The van der Waals surface area contributed by atoms with Crippen LogP contribution < -0.4 is 0 Å². The largest absolute Gasteiger partial charge is 0.0763 e. The van der Waals surface area contributed by atoms with E-state index in [9.17, 15) is 0 Å². The van der Waals surface area contributed by atoms with Crippen LogP contribution in [0.25, 0.3) is 76.5 Å². The highest BCUT2D eigenvalue weighted by Crippen LogP contribution is 2.53. The predicted molar refractivity (Wildman–Crippen MR) is 248 cm³/mol. The van der Waals surface area contributed by atoms with Gasteiger partial charge in [-0.15, -0.1) is 0 Å². The van der Waals surface area contributed by atoms with Crippen LogP contribution in [0.15, 0.2) is 216 Å². The molecule has 0 nitrogen and oxygen atoms in total. The lowest BCUT2D eigenvalue weighted by atomic mass is 9.66. The molecular formula is C58H42. The molecule has 0 heterocycles. The minimum Gasteiger partial charge on any atom is -0.0763 e. The van der Waals surface area contributed by atoms with Gasteiger partial charge in [-0.25, -0.2) is 0 Å². The Kier molecular flexibility index (Phi) is 7.73. The zero-order valence-electron chi connectivity index (χ0n) is 32.5. The van der Waals surface area contributed by atoms with Crippen molar-refractivity contribution in [3.8, 4) is 22.3 Å². The van der Waals surface area contributed by atoms with Crippen LogP contribution in [0.1, 0.15) is 36.8 Å². The van der Waals surface area contributed by atoms with Crippen molar-refractivity contribution in [2.45, 2.75) is 25.7 Å². The van der Waals surface area contributed by atoms with E-state index in [0.717, 1.165) is 19.3 Å². The summed E-state index contributed by atoms with van der Waals surface area (Å²) in [6, 6.07) is 58.4. The molecule has 8 aromatic carbocycles. The second kappa shape index (κ2) is 13.4. The molecule has 8 aromatic rings. The number of rotatable bonds is 4. The van der Waals surface area contributed by atoms with Crippen molar-refractivity contribution in [1.82, 2.24) is 0 Å². The van der Waals surface area contributed by atoms with E-state index < -0.39 is 0 Å². The Morgan fingerprint density at radius 1 is 0.414 bits per heavy atom. The van der Waals surface area contributed by atoms with Crippen LogP contribution in [0.2, 0.25) is 0 Å². The molecular weight excluding hydrogens is 697 g/mol. The maximum absolute atomic E-state index is 2.65. The van der Waals surface area contributed by atoms with Gasteiger partial charge >= 0.3 is 0 Å². The smallest absolute Gasteiger partial charge is 0.0139 e. The Morgan fingerprint density at radius 3 is 1.36 bits per heavy atom. The van der Waals surface area contributed by atoms with Crippen molar-refractivity contribution in [3.63, 3.8) is 0 Å². The first-order chi connectivity index (χ1) is 28.8. The SMILES string of the molecule is C1=CC2=CC=C(c3c4ccccc4c(-c4ccccc4)c4ccccc34)CC2C2=C3C=C(c4c5ccccc5c(-c5ccccc5)c5ccccc45)CCC3CC=C12. The summed E-state index contributed by atoms with van der Waals surface area (Å²) in [5.41, 5.74) is 16.9. The molecule has 274 valence electrons. The molecule has 4 aliphatic rings. The molecule has 0 spiro atoms. The third-order valence-corrected chi connectivity index (χ3v) is 13.5. The molecule has 0 heteroatoms. The number of hydrogen-bond donors (Lipinski definition) is 0. The van der Waals surface area contributed by atoms with Crippen molar-refractivity contribution in [2.24, 2.45) is 11.8 Å².